The smallest absolute Gasteiger partial charge is 0.226 e. The van der Waals surface area contributed by atoms with Crippen molar-refractivity contribution in [3.63, 3.8) is 0 Å². The molecule has 1 spiro atoms. The maximum absolute atomic E-state index is 13.0. The standard InChI is InChI=1S/C16H19FN2O2/c17-13-4-2-12(3-5-13)11-18-8-6-16-14(18)10-15(20)19(16)7-1-9-21-16/h2-5,14H,1,6-11H2/t14-,16+/m1/s1. The lowest BCUT2D eigenvalue weighted by Crippen LogP contribution is -2.56. The van der Waals surface area contributed by atoms with Crippen molar-refractivity contribution in [2.45, 2.75) is 37.6 Å². The molecule has 0 aromatic heterocycles. The van der Waals surface area contributed by atoms with Crippen LogP contribution in [0.3, 0.4) is 0 Å². The van der Waals surface area contributed by atoms with Crippen molar-refractivity contribution in [2.75, 3.05) is 19.7 Å². The fourth-order valence-corrected chi connectivity index (χ4v) is 4.05. The van der Waals surface area contributed by atoms with E-state index in [1.54, 1.807) is 0 Å². The lowest BCUT2D eigenvalue weighted by molar-refractivity contribution is -0.180. The number of carbonyl (C=O) groups is 1. The molecule has 1 amide bonds. The van der Waals surface area contributed by atoms with Gasteiger partial charge in [-0.05, 0) is 24.1 Å². The van der Waals surface area contributed by atoms with Crippen LogP contribution in [0.4, 0.5) is 4.39 Å². The van der Waals surface area contributed by atoms with Gasteiger partial charge in [-0.1, -0.05) is 12.1 Å². The van der Waals surface area contributed by atoms with Crippen LogP contribution in [0.15, 0.2) is 24.3 Å². The topological polar surface area (TPSA) is 32.8 Å². The predicted octanol–water partition coefficient (Wildman–Crippen LogP) is 1.75. The van der Waals surface area contributed by atoms with Crippen molar-refractivity contribution < 1.29 is 13.9 Å². The van der Waals surface area contributed by atoms with Crippen LogP contribution in [0.1, 0.15) is 24.8 Å². The van der Waals surface area contributed by atoms with E-state index in [9.17, 15) is 9.18 Å². The molecule has 5 heteroatoms. The number of carbonyl (C=O) groups excluding carboxylic acids is 1. The van der Waals surface area contributed by atoms with Gasteiger partial charge in [0.2, 0.25) is 5.91 Å². The number of hydrogen-bond donors (Lipinski definition) is 0. The van der Waals surface area contributed by atoms with Gasteiger partial charge >= 0.3 is 0 Å². The van der Waals surface area contributed by atoms with Gasteiger partial charge in [0, 0.05) is 32.5 Å². The van der Waals surface area contributed by atoms with Crippen molar-refractivity contribution in [3.05, 3.63) is 35.6 Å². The van der Waals surface area contributed by atoms with Gasteiger partial charge in [-0.15, -0.1) is 0 Å². The second-order valence-corrected chi connectivity index (χ2v) is 6.16. The Morgan fingerprint density at radius 2 is 2.10 bits per heavy atom. The van der Waals surface area contributed by atoms with Crippen LogP contribution in [-0.2, 0) is 16.1 Å². The molecular weight excluding hydrogens is 271 g/mol. The minimum absolute atomic E-state index is 0.135. The van der Waals surface area contributed by atoms with Gasteiger partial charge < -0.3 is 9.64 Å². The highest BCUT2D eigenvalue weighted by Gasteiger charge is 2.60. The number of benzene rings is 1. The Morgan fingerprint density at radius 3 is 2.90 bits per heavy atom. The highest BCUT2D eigenvalue weighted by molar-refractivity contribution is 5.81. The monoisotopic (exact) mass is 290 g/mol. The summed E-state index contributed by atoms with van der Waals surface area (Å²) >= 11 is 0. The summed E-state index contributed by atoms with van der Waals surface area (Å²) in [5.41, 5.74) is 0.685. The van der Waals surface area contributed by atoms with Gasteiger partial charge in [0.05, 0.1) is 12.6 Å². The van der Waals surface area contributed by atoms with Crippen LogP contribution in [0, 0.1) is 5.82 Å². The lowest BCUT2D eigenvalue weighted by atomic mass is 10.0. The first-order valence-electron chi connectivity index (χ1n) is 7.62. The summed E-state index contributed by atoms with van der Waals surface area (Å²) in [4.78, 5) is 16.5. The van der Waals surface area contributed by atoms with Gasteiger partial charge in [0.1, 0.15) is 5.82 Å². The number of halogens is 1. The van der Waals surface area contributed by atoms with Gasteiger partial charge in [-0.3, -0.25) is 9.69 Å². The normalized spacial score (nSPS) is 32.3. The third-order valence-electron chi connectivity index (χ3n) is 5.02. The molecule has 21 heavy (non-hydrogen) atoms. The highest BCUT2D eigenvalue weighted by Crippen LogP contribution is 2.45. The molecule has 0 aliphatic carbocycles. The summed E-state index contributed by atoms with van der Waals surface area (Å²) in [6.07, 6.45) is 2.35. The van der Waals surface area contributed by atoms with Crippen LogP contribution >= 0.6 is 0 Å². The molecule has 0 bridgehead atoms. The summed E-state index contributed by atoms with van der Waals surface area (Å²) in [6, 6.07) is 6.75. The Bertz CT molecular complexity index is 562. The fourth-order valence-electron chi connectivity index (χ4n) is 4.05. The van der Waals surface area contributed by atoms with Gasteiger partial charge in [-0.25, -0.2) is 4.39 Å². The first-order chi connectivity index (χ1) is 10.2. The van der Waals surface area contributed by atoms with Gasteiger partial charge in [-0.2, -0.15) is 0 Å². The molecule has 2 atom stereocenters. The van der Waals surface area contributed by atoms with Crippen molar-refractivity contribution in [1.82, 2.24) is 9.80 Å². The first kappa shape index (κ1) is 13.2. The van der Waals surface area contributed by atoms with Gasteiger partial charge in [0.25, 0.3) is 0 Å². The zero-order chi connectivity index (χ0) is 14.4. The second kappa shape index (κ2) is 4.78. The second-order valence-electron chi connectivity index (χ2n) is 6.16. The fraction of sp³-hybridized carbons (Fsp3) is 0.562. The first-order valence-corrected chi connectivity index (χ1v) is 7.62. The minimum Gasteiger partial charge on any atom is -0.354 e. The molecule has 3 aliphatic rings. The van der Waals surface area contributed by atoms with E-state index in [-0.39, 0.29) is 17.8 Å². The predicted molar refractivity (Wildman–Crippen MR) is 74.8 cm³/mol. The average Bonchev–Trinajstić information content (AvgIpc) is 2.96. The molecule has 0 unspecified atom stereocenters. The van der Waals surface area contributed by atoms with E-state index in [4.69, 9.17) is 4.74 Å². The number of amides is 1. The zero-order valence-electron chi connectivity index (χ0n) is 11.9. The number of nitrogens with zero attached hydrogens (tertiary/aromatic N) is 2. The largest absolute Gasteiger partial charge is 0.354 e. The third-order valence-corrected chi connectivity index (χ3v) is 5.02. The van der Waals surface area contributed by atoms with Crippen LogP contribution < -0.4 is 0 Å². The van der Waals surface area contributed by atoms with E-state index >= 15 is 0 Å². The summed E-state index contributed by atoms with van der Waals surface area (Å²) in [5, 5.41) is 0. The molecule has 4 nitrogen and oxygen atoms in total. The Kier molecular flexibility index (Phi) is 3.01. The quantitative estimate of drug-likeness (QED) is 0.832. The summed E-state index contributed by atoms with van der Waals surface area (Å²) in [5.74, 6) is -0.00187. The SMILES string of the molecule is O=C1C[C@H]2N(Cc3ccc(F)cc3)CC[C@]23OCCCN13. The molecule has 0 radical (unpaired) electrons. The average molecular weight is 290 g/mol. The molecule has 4 rings (SSSR count). The van der Waals surface area contributed by atoms with Crippen LogP contribution in [0.5, 0.6) is 0 Å². The summed E-state index contributed by atoms with van der Waals surface area (Å²) in [7, 11) is 0. The van der Waals surface area contributed by atoms with E-state index in [2.05, 4.69) is 4.90 Å². The maximum atomic E-state index is 13.0. The Morgan fingerprint density at radius 1 is 1.29 bits per heavy atom. The van der Waals surface area contributed by atoms with Crippen molar-refractivity contribution >= 4 is 5.91 Å². The lowest BCUT2D eigenvalue weighted by Gasteiger charge is -2.42. The Balaban J connectivity index is 1.56. The van der Waals surface area contributed by atoms with Crippen LogP contribution in [-0.4, -0.2) is 47.2 Å². The van der Waals surface area contributed by atoms with Crippen LogP contribution in [0.25, 0.3) is 0 Å². The molecule has 3 fully saturated rings. The van der Waals surface area contributed by atoms with E-state index < -0.39 is 5.72 Å². The van der Waals surface area contributed by atoms with Crippen LogP contribution in [0.2, 0.25) is 0 Å². The summed E-state index contributed by atoms with van der Waals surface area (Å²) in [6.45, 7) is 3.23. The van der Waals surface area contributed by atoms with Crippen molar-refractivity contribution in [1.29, 1.82) is 0 Å². The van der Waals surface area contributed by atoms with Gasteiger partial charge in [0.15, 0.2) is 5.72 Å². The third kappa shape index (κ3) is 1.99. The van der Waals surface area contributed by atoms with E-state index in [1.807, 2.05) is 17.0 Å². The number of ether oxygens (including phenoxy) is 1. The zero-order valence-corrected chi connectivity index (χ0v) is 11.9. The number of rotatable bonds is 2. The molecule has 1 aromatic carbocycles. The molecule has 0 saturated carbocycles. The number of likely N-dealkylation sites (tertiary alicyclic amines) is 1. The van der Waals surface area contributed by atoms with E-state index in [1.165, 1.54) is 12.1 Å². The minimum atomic E-state index is -0.393. The highest BCUT2D eigenvalue weighted by atomic mass is 19.1. The molecule has 112 valence electrons. The molecule has 0 N–H and O–H groups in total. The molecular formula is C16H19FN2O2. The van der Waals surface area contributed by atoms with Crippen molar-refractivity contribution in [3.8, 4) is 0 Å². The number of hydrogen-bond acceptors (Lipinski definition) is 3. The van der Waals surface area contributed by atoms with Crippen molar-refractivity contribution in [2.24, 2.45) is 0 Å². The maximum Gasteiger partial charge on any atom is 0.226 e. The van der Waals surface area contributed by atoms with E-state index in [0.717, 1.165) is 44.6 Å². The summed E-state index contributed by atoms with van der Waals surface area (Å²) < 4.78 is 19.1. The Hall–Kier alpha value is -1.46. The van der Waals surface area contributed by atoms with E-state index in [0.29, 0.717) is 6.42 Å². The molecule has 3 heterocycles. The molecule has 1 aromatic rings. The molecule has 3 aliphatic heterocycles. The Labute approximate surface area is 123 Å². The molecule has 3 saturated heterocycles.